The highest BCUT2D eigenvalue weighted by atomic mass is 32.1. The highest BCUT2D eigenvalue weighted by Gasteiger charge is 2.11. The van der Waals surface area contributed by atoms with Gasteiger partial charge < -0.3 is 9.88 Å². The van der Waals surface area contributed by atoms with Gasteiger partial charge in [-0.2, -0.15) is 0 Å². The first kappa shape index (κ1) is 13.3. The third kappa shape index (κ3) is 2.82. The molecule has 1 unspecified atom stereocenters. The van der Waals surface area contributed by atoms with Gasteiger partial charge in [0.05, 0.1) is 6.54 Å². The minimum atomic E-state index is 0.372. The van der Waals surface area contributed by atoms with Crippen molar-refractivity contribution in [3.05, 3.63) is 39.6 Å². The van der Waals surface area contributed by atoms with Gasteiger partial charge in [0.25, 0.3) is 0 Å². The van der Waals surface area contributed by atoms with Crippen molar-refractivity contribution >= 4 is 11.3 Å². The lowest BCUT2D eigenvalue weighted by atomic mass is 10.1. The van der Waals surface area contributed by atoms with Crippen LogP contribution in [0.15, 0.2) is 18.5 Å². The molecule has 0 amide bonds. The summed E-state index contributed by atoms with van der Waals surface area (Å²) in [6, 6.07) is 2.65. The van der Waals surface area contributed by atoms with Gasteiger partial charge in [0.1, 0.15) is 5.82 Å². The van der Waals surface area contributed by atoms with E-state index in [1.807, 2.05) is 23.7 Å². The van der Waals surface area contributed by atoms with E-state index in [0.717, 1.165) is 18.9 Å². The Balaban J connectivity index is 2.00. The monoisotopic (exact) mass is 263 g/mol. The first-order valence-electron chi connectivity index (χ1n) is 6.42. The number of aromatic nitrogens is 2. The number of aryl methyl sites for hydroxylation is 3. The highest BCUT2D eigenvalue weighted by molar-refractivity contribution is 7.12. The normalized spacial score (nSPS) is 12.9. The molecule has 0 fully saturated rings. The summed E-state index contributed by atoms with van der Waals surface area (Å²) in [5.41, 5.74) is 1.41. The van der Waals surface area contributed by atoms with E-state index in [4.69, 9.17) is 0 Å². The lowest BCUT2D eigenvalue weighted by Crippen LogP contribution is -2.20. The number of rotatable bonds is 5. The lowest BCUT2D eigenvalue weighted by Gasteiger charge is -2.14. The van der Waals surface area contributed by atoms with E-state index in [1.165, 1.54) is 15.3 Å². The van der Waals surface area contributed by atoms with Crippen LogP contribution in [0.25, 0.3) is 0 Å². The molecule has 2 heterocycles. The van der Waals surface area contributed by atoms with Gasteiger partial charge in [-0.1, -0.05) is 0 Å². The molecule has 0 bridgehead atoms. The summed E-state index contributed by atoms with van der Waals surface area (Å²) in [5.74, 6) is 1.11. The first-order chi connectivity index (χ1) is 8.61. The fraction of sp³-hybridized carbons (Fsp3) is 0.500. The third-order valence-electron chi connectivity index (χ3n) is 3.25. The number of nitrogens with one attached hydrogen (secondary N) is 1. The average Bonchev–Trinajstić information content (AvgIpc) is 2.92. The minimum Gasteiger partial charge on any atom is -0.334 e. The number of hydrogen-bond acceptors (Lipinski definition) is 3. The molecule has 0 aliphatic carbocycles. The molecule has 18 heavy (non-hydrogen) atoms. The number of hydrogen-bond donors (Lipinski definition) is 1. The SMILES string of the molecule is CCn1ccnc1CNC(C)c1cc(C)sc1C. The molecule has 0 aromatic carbocycles. The van der Waals surface area contributed by atoms with Gasteiger partial charge in [0.15, 0.2) is 0 Å². The minimum absolute atomic E-state index is 0.372. The smallest absolute Gasteiger partial charge is 0.122 e. The van der Waals surface area contributed by atoms with E-state index in [9.17, 15) is 0 Å². The van der Waals surface area contributed by atoms with Crippen LogP contribution in [0.2, 0.25) is 0 Å². The van der Waals surface area contributed by atoms with Gasteiger partial charge in [-0.05, 0) is 39.3 Å². The summed E-state index contributed by atoms with van der Waals surface area (Å²) in [5, 5.41) is 3.55. The van der Waals surface area contributed by atoms with E-state index in [2.05, 4.69) is 48.6 Å². The molecule has 1 atom stereocenters. The molecule has 0 spiro atoms. The molecule has 2 aromatic heterocycles. The standard InChI is InChI=1S/C14H21N3S/c1-5-17-7-6-15-14(17)9-16-11(3)13-8-10(2)18-12(13)4/h6-8,11,16H,5,9H2,1-4H3. The van der Waals surface area contributed by atoms with E-state index >= 15 is 0 Å². The second-order valence-corrected chi connectivity index (χ2v) is 6.06. The molecule has 1 N–H and O–H groups in total. The first-order valence-corrected chi connectivity index (χ1v) is 7.23. The fourth-order valence-corrected chi connectivity index (χ4v) is 3.25. The van der Waals surface area contributed by atoms with Crippen LogP contribution in [0, 0.1) is 13.8 Å². The fourth-order valence-electron chi connectivity index (χ4n) is 2.23. The predicted molar refractivity (Wildman–Crippen MR) is 76.9 cm³/mol. The molecule has 0 aliphatic rings. The molecule has 98 valence electrons. The predicted octanol–water partition coefficient (Wildman–Crippen LogP) is 3.43. The topological polar surface area (TPSA) is 29.9 Å². The van der Waals surface area contributed by atoms with Crippen molar-refractivity contribution in [2.45, 2.75) is 46.8 Å². The Kier molecular flexibility index (Phi) is 4.19. The zero-order chi connectivity index (χ0) is 13.1. The summed E-state index contributed by atoms with van der Waals surface area (Å²) in [6.45, 7) is 10.5. The van der Waals surface area contributed by atoms with Gasteiger partial charge >= 0.3 is 0 Å². The third-order valence-corrected chi connectivity index (χ3v) is 4.24. The van der Waals surface area contributed by atoms with E-state index < -0.39 is 0 Å². The number of thiophene rings is 1. The maximum Gasteiger partial charge on any atom is 0.122 e. The summed E-state index contributed by atoms with van der Waals surface area (Å²) in [6.07, 6.45) is 3.90. The summed E-state index contributed by atoms with van der Waals surface area (Å²) < 4.78 is 2.17. The maximum absolute atomic E-state index is 4.38. The zero-order valence-corrected chi connectivity index (χ0v) is 12.3. The van der Waals surface area contributed by atoms with Crippen molar-refractivity contribution in [1.82, 2.24) is 14.9 Å². The van der Waals surface area contributed by atoms with Crippen LogP contribution < -0.4 is 5.32 Å². The highest BCUT2D eigenvalue weighted by Crippen LogP contribution is 2.26. The Morgan fingerprint density at radius 1 is 1.44 bits per heavy atom. The van der Waals surface area contributed by atoms with Crippen molar-refractivity contribution in [3.63, 3.8) is 0 Å². The zero-order valence-electron chi connectivity index (χ0n) is 11.5. The largest absolute Gasteiger partial charge is 0.334 e. The van der Waals surface area contributed by atoms with Crippen LogP contribution in [-0.4, -0.2) is 9.55 Å². The van der Waals surface area contributed by atoms with E-state index in [1.54, 1.807) is 0 Å². The summed E-state index contributed by atoms with van der Waals surface area (Å²) in [7, 11) is 0. The molecule has 3 nitrogen and oxygen atoms in total. The van der Waals surface area contributed by atoms with Crippen LogP contribution in [0.4, 0.5) is 0 Å². The summed E-state index contributed by atoms with van der Waals surface area (Å²) in [4.78, 5) is 7.17. The maximum atomic E-state index is 4.38. The lowest BCUT2D eigenvalue weighted by molar-refractivity contribution is 0.539. The molecule has 0 aliphatic heterocycles. The van der Waals surface area contributed by atoms with E-state index in [-0.39, 0.29) is 0 Å². The van der Waals surface area contributed by atoms with Crippen molar-refractivity contribution in [1.29, 1.82) is 0 Å². The molecular weight excluding hydrogens is 242 g/mol. The van der Waals surface area contributed by atoms with Gasteiger partial charge in [0, 0.05) is 34.7 Å². The average molecular weight is 263 g/mol. The molecule has 0 saturated heterocycles. The van der Waals surface area contributed by atoms with Crippen molar-refractivity contribution in [3.8, 4) is 0 Å². The van der Waals surface area contributed by atoms with E-state index in [0.29, 0.717) is 6.04 Å². The van der Waals surface area contributed by atoms with Crippen LogP contribution in [0.3, 0.4) is 0 Å². The molecule has 0 saturated carbocycles. The molecule has 4 heteroatoms. The van der Waals surface area contributed by atoms with Gasteiger partial charge in [-0.3, -0.25) is 0 Å². The summed E-state index contributed by atoms with van der Waals surface area (Å²) >= 11 is 1.87. The second-order valence-electron chi connectivity index (χ2n) is 4.60. The Morgan fingerprint density at radius 3 is 2.83 bits per heavy atom. The molecule has 2 aromatic rings. The van der Waals surface area contributed by atoms with Crippen molar-refractivity contribution < 1.29 is 0 Å². The van der Waals surface area contributed by atoms with Crippen LogP contribution >= 0.6 is 11.3 Å². The van der Waals surface area contributed by atoms with Crippen LogP contribution in [0.5, 0.6) is 0 Å². The second kappa shape index (κ2) is 5.67. The van der Waals surface area contributed by atoms with Crippen molar-refractivity contribution in [2.24, 2.45) is 0 Å². The van der Waals surface area contributed by atoms with Crippen LogP contribution in [-0.2, 0) is 13.1 Å². The van der Waals surface area contributed by atoms with Gasteiger partial charge in [0.2, 0.25) is 0 Å². The van der Waals surface area contributed by atoms with Crippen molar-refractivity contribution in [2.75, 3.05) is 0 Å². The Labute approximate surface area is 113 Å². The number of nitrogens with zero attached hydrogens (tertiary/aromatic N) is 2. The van der Waals surface area contributed by atoms with Gasteiger partial charge in [-0.25, -0.2) is 4.98 Å². The van der Waals surface area contributed by atoms with Crippen LogP contribution in [0.1, 0.15) is 41.0 Å². The Morgan fingerprint density at radius 2 is 2.22 bits per heavy atom. The van der Waals surface area contributed by atoms with Gasteiger partial charge in [-0.15, -0.1) is 11.3 Å². The number of imidazole rings is 1. The quantitative estimate of drug-likeness (QED) is 0.895. The Bertz CT molecular complexity index is 513. The molecule has 2 rings (SSSR count). The molecule has 0 radical (unpaired) electrons. The molecular formula is C14H21N3S. The Hall–Kier alpha value is -1.13.